The van der Waals surface area contributed by atoms with E-state index in [1.54, 1.807) is 19.1 Å². The first-order valence-corrected chi connectivity index (χ1v) is 6.92. The summed E-state index contributed by atoms with van der Waals surface area (Å²) in [7, 11) is 0. The summed E-state index contributed by atoms with van der Waals surface area (Å²) in [6.45, 7) is 2.22. The van der Waals surface area contributed by atoms with Crippen molar-refractivity contribution in [2.45, 2.75) is 25.8 Å². The summed E-state index contributed by atoms with van der Waals surface area (Å²) in [5.74, 6) is -0.995. The zero-order valence-corrected chi connectivity index (χ0v) is 12.3. The Kier molecular flexibility index (Phi) is 4.40. The Balaban J connectivity index is 2.16. The molecule has 1 atom stereocenters. The molecule has 1 aromatic rings. The summed E-state index contributed by atoms with van der Waals surface area (Å²) in [5, 5.41) is 12.5. The van der Waals surface area contributed by atoms with Crippen LogP contribution in [-0.4, -0.2) is 34.6 Å². The van der Waals surface area contributed by atoms with Gasteiger partial charge in [0.25, 0.3) is 0 Å². The molecule has 2 amide bonds. The van der Waals surface area contributed by atoms with Gasteiger partial charge >= 0.3 is 12.0 Å². The van der Waals surface area contributed by atoms with E-state index in [-0.39, 0.29) is 0 Å². The van der Waals surface area contributed by atoms with Crippen molar-refractivity contribution in [2.75, 3.05) is 11.9 Å². The fourth-order valence-electron chi connectivity index (χ4n) is 2.20. The lowest BCUT2D eigenvalue weighted by Crippen LogP contribution is -2.42. The molecular formula is C13H14Cl2N2O3. The van der Waals surface area contributed by atoms with Crippen LogP contribution >= 0.6 is 23.2 Å². The first kappa shape index (κ1) is 14.9. The van der Waals surface area contributed by atoms with Crippen molar-refractivity contribution in [3.05, 3.63) is 27.7 Å². The average molecular weight is 317 g/mol. The number of carboxylic acid groups (broad SMARTS) is 1. The van der Waals surface area contributed by atoms with Crippen LogP contribution < -0.4 is 5.32 Å². The van der Waals surface area contributed by atoms with Crippen LogP contribution in [0.5, 0.6) is 0 Å². The zero-order chi connectivity index (χ0) is 14.9. The summed E-state index contributed by atoms with van der Waals surface area (Å²) in [5.41, 5.74) is 1.18. The predicted molar refractivity (Wildman–Crippen MR) is 77.6 cm³/mol. The third kappa shape index (κ3) is 2.99. The smallest absolute Gasteiger partial charge is 0.326 e. The highest BCUT2D eigenvalue weighted by Crippen LogP contribution is 2.29. The molecule has 1 aliphatic heterocycles. The Morgan fingerprint density at radius 2 is 2.05 bits per heavy atom. The number of nitrogens with one attached hydrogen (secondary N) is 1. The fourth-order valence-corrected chi connectivity index (χ4v) is 2.62. The van der Waals surface area contributed by atoms with Gasteiger partial charge in [-0.1, -0.05) is 23.2 Å². The molecule has 20 heavy (non-hydrogen) atoms. The summed E-state index contributed by atoms with van der Waals surface area (Å²) in [6.07, 6.45) is 1.14. The van der Waals surface area contributed by atoms with E-state index in [9.17, 15) is 9.59 Å². The number of benzene rings is 1. The molecule has 0 radical (unpaired) electrons. The Hall–Kier alpha value is -1.46. The maximum absolute atomic E-state index is 12.1. The van der Waals surface area contributed by atoms with Crippen LogP contribution in [0.25, 0.3) is 0 Å². The summed E-state index contributed by atoms with van der Waals surface area (Å²) in [6, 6.07) is 1.95. The van der Waals surface area contributed by atoms with E-state index >= 15 is 0 Å². The molecule has 1 saturated heterocycles. The molecule has 1 aromatic carbocycles. The zero-order valence-electron chi connectivity index (χ0n) is 10.8. The maximum atomic E-state index is 12.1. The Labute approximate surface area is 126 Å². The van der Waals surface area contributed by atoms with Crippen molar-refractivity contribution in [2.24, 2.45) is 0 Å². The second kappa shape index (κ2) is 5.89. The summed E-state index contributed by atoms with van der Waals surface area (Å²) >= 11 is 12.0. The molecule has 7 heteroatoms. The molecule has 1 unspecified atom stereocenters. The van der Waals surface area contributed by atoms with Crippen LogP contribution in [-0.2, 0) is 4.79 Å². The molecule has 108 valence electrons. The molecule has 0 aromatic heterocycles. The number of likely N-dealkylation sites (tertiary alicyclic amines) is 1. The first-order chi connectivity index (χ1) is 9.40. The Morgan fingerprint density at radius 3 is 2.70 bits per heavy atom. The third-order valence-electron chi connectivity index (χ3n) is 3.29. The number of hydrogen-bond acceptors (Lipinski definition) is 2. The van der Waals surface area contributed by atoms with Crippen molar-refractivity contribution in [3.8, 4) is 0 Å². The first-order valence-electron chi connectivity index (χ1n) is 6.16. The second-order valence-corrected chi connectivity index (χ2v) is 5.52. The van der Waals surface area contributed by atoms with Crippen LogP contribution in [0.3, 0.4) is 0 Å². The molecule has 5 nitrogen and oxygen atoms in total. The highest BCUT2D eigenvalue weighted by molar-refractivity contribution is 6.36. The number of nitrogens with zero attached hydrogens (tertiary/aromatic N) is 1. The topological polar surface area (TPSA) is 69.6 Å². The fraction of sp³-hybridized carbons (Fsp3) is 0.385. The molecule has 2 rings (SSSR count). The van der Waals surface area contributed by atoms with E-state index in [1.165, 1.54) is 4.90 Å². The lowest BCUT2D eigenvalue weighted by atomic mass is 10.2. The van der Waals surface area contributed by atoms with Crippen molar-refractivity contribution in [3.63, 3.8) is 0 Å². The number of carboxylic acids is 1. The number of halogens is 2. The van der Waals surface area contributed by atoms with Crippen molar-refractivity contribution < 1.29 is 14.7 Å². The van der Waals surface area contributed by atoms with Crippen LogP contribution in [0, 0.1) is 6.92 Å². The summed E-state index contributed by atoms with van der Waals surface area (Å²) < 4.78 is 0. The van der Waals surface area contributed by atoms with Gasteiger partial charge in [0, 0.05) is 11.6 Å². The van der Waals surface area contributed by atoms with Gasteiger partial charge in [-0.15, -0.1) is 0 Å². The number of carbonyl (C=O) groups is 2. The van der Waals surface area contributed by atoms with Gasteiger partial charge in [0.05, 0.1) is 10.7 Å². The van der Waals surface area contributed by atoms with Crippen LogP contribution in [0.1, 0.15) is 18.4 Å². The van der Waals surface area contributed by atoms with Crippen molar-refractivity contribution in [1.82, 2.24) is 4.90 Å². The van der Waals surface area contributed by atoms with Gasteiger partial charge in [0.1, 0.15) is 6.04 Å². The number of anilines is 1. The molecule has 2 N–H and O–H groups in total. The van der Waals surface area contributed by atoms with E-state index in [0.29, 0.717) is 35.1 Å². The standard InChI is InChI=1S/C13H14Cl2N2O3/c1-7-5-9(15)10(6-8(7)14)16-13(20)17-4-2-3-11(17)12(18)19/h5-6,11H,2-4H2,1H3,(H,16,20)(H,18,19). The van der Waals surface area contributed by atoms with E-state index < -0.39 is 18.0 Å². The van der Waals surface area contributed by atoms with Gasteiger partial charge in [-0.05, 0) is 37.5 Å². The number of hydrogen-bond donors (Lipinski definition) is 2. The number of amides is 2. The number of carbonyl (C=O) groups excluding carboxylic acids is 1. The molecule has 0 saturated carbocycles. The van der Waals surface area contributed by atoms with E-state index in [0.717, 1.165) is 5.56 Å². The molecule has 0 spiro atoms. The van der Waals surface area contributed by atoms with Gasteiger partial charge in [-0.3, -0.25) is 0 Å². The van der Waals surface area contributed by atoms with Crippen LogP contribution in [0.4, 0.5) is 10.5 Å². The molecule has 1 aliphatic rings. The minimum absolute atomic E-state index is 0.367. The number of urea groups is 1. The number of aryl methyl sites for hydroxylation is 1. The van der Waals surface area contributed by atoms with E-state index in [4.69, 9.17) is 28.3 Å². The predicted octanol–water partition coefficient (Wildman–Crippen LogP) is 3.38. The van der Waals surface area contributed by atoms with Crippen LogP contribution in [0.2, 0.25) is 10.0 Å². The van der Waals surface area contributed by atoms with Gasteiger partial charge in [0.15, 0.2) is 0 Å². The van der Waals surface area contributed by atoms with Gasteiger partial charge in [-0.2, -0.15) is 0 Å². The van der Waals surface area contributed by atoms with Crippen molar-refractivity contribution in [1.29, 1.82) is 0 Å². The maximum Gasteiger partial charge on any atom is 0.326 e. The summed E-state index contributed by atoms with van der Waals surface area (Å²) in [4.78, 5) is 24.5. The highest BCUT2D eigenvalue weighted by Gasteiger charge is 2.34. The lowest BCUT2D eigenvalue weighted by molar-refractivity contribution is -0.141. The third-order valence-corrected chi connectivity index (χ3v) is 4.01. The molecule has 1 fully saturated rings. The van der Waals surface area contributed by atoms with Gasteiger partial charge in [0.2, 0.25) is 0 Å². The van der Waals surface area contributed by atoms with E-state index in [2.05, 4.69) is 5.32 Å². The molecule has 0 bridgehead atoms. The molecule has 1 heterocycles. The molecular weight excluding hydrogens is 303 g/mol. The normalized spacial score (nSPS) is 18.1. The minimum atomic E-state index is -0.995. The quantitative estimate of drug-likeness (QED) is 0.878. The average Bonchev–Trinajstić information content (AvgIpc) is 2.85. The van der Waals surface area contributed by atoms with Crippen molar-refractivity contribution >= 4 is 40.9 Å². The monoisotopic (exact) mass is 316 g/mol. The van der Waals surface area contributed by atoms with Gasteiger partial charge in [-0.25, -0.2) is 9.59 Å². The largest absolute Gasteiger partial charge is 0.480 e. The molecule has 0 aliphatic carbocycles. The lowest BCUT2D eigenvalue weighted by Gasteiger charge is -2.22. The number of rotatable bonds is 2. The highest BCUT2D eigenvalue weighted by atomic mass is 35.5. The Morgan fingerprint density at radius 1 is 1.35 bits per heavy atom. The van der Waals surface area contributed by atoms with Crippen LogP contribution in [0.15, 0.2) is 12.1 Å². The van der Waals surface area contributed by atoms with Gasteiger partial charge < -0.3 is 15.3 Å². The van der Waals surface area contributed by atoms with E-state index in [1.807, 2.05) is 0 Å². The SMILES string of the molecule is Cc1cc(Cl)c(NC(=O)N2CCCC2C(=O)O)cc1Cl. The Bertz CT molecular complexity index is 563. The number of aliphatic carboxylic acids is 1. The minimum Gasteiger partial charge on any atom is -0.480 e. The second-order valence-electron chi connectivity index (χ2n) is 4.70.